The van der Waals surface area contributed by atoms with E-state index in [1.807, 2.05) is 13.8 Å². The van der Waals surface area contributed by atoms with Crippen LogP contribution in [0.4, 0.5) is 0 Å². The molecule has 18 heavy (non-hydrogen) atoms. The molecule has 1 amide bonds. The summed E-state index contributed by atoms with van der Waals surface area (Å²) in [4.78, 5) is 13.0. The van der Waals surface area contributed by atoms with Crippen molar-refractivity contribution in [1.82, 2.24) is 5.32 Å². The molecule has 1 fully saturated rings. The maximum atomic E-state index is 11.7. The Morgan fingerprint density at radius 2 is 2.06 bits per heavy atom. The van der Waals surface area contributed by atoms with Crippen molar-refractivity contribution in [3.8, 4) is 0 Å². The van der Waals surface area contributed by atoms with E-state index in [1.54, 1.807) is 11.8 Å². The van der Waals surface area contributed by atoms with E-state index in [9.17, 15) is 4.79 Å². The highest BCUT2D eigenvalue weighted by atomic mass is 32.2. The second-order valence-corrected chi connectivity index (χ2v) is 6.20. The van der Waals surface area contributed by atoms with E-state index in [-0.39, 0.29) is 17.2 Å². The van der Waals surface area contributed by atoms with Crippen LogP contribution in [0, 0.1) is 5.92 Å². The van der Waals surface area contributed by atoms with Crippen LogP contribution in [0.2, 0.25) is 0 Å². The molecule has 0 atom stereocenters. The van der Waals surface area contributed by atoms with Crippen molar-refractivity contribution >= 4 is 17.7 Å². The molecule has 1 saturated carbocycles. The van der Waals surface area contributed by atoms with Crippen LogP contribution in [0.15, 0.2) is 29.2 Å². The molecular formula is C15H21NOS. The minimum atomic E-state index is 0.0663. The van der Waals surface area contributed by atoms with Gasteiger partial charge in [-0.2, -0.15) is 0 Å². The Hall–Kier alpha value is -0.960. The van der Waals surface area contributed by atoms with E-state index in [1.165, 1.54) is 23.3 Å². The van der Waals surface area contributed by atoms with Crippen LogP contribution in [0.5, 0.6) is 0 Å². The number of thioether (sulfide) groups is 1. The molecular weight excluding hydrogens is 242 g/mol. The van der Waals surface area contributed by atoms with Gasteiger partial charge in [0.1, 0.15) is 0 Å². The Morgan fingerprint density at radius 3 is 2.61 bits per heavy atom. The maximum Gasteiger partial charge on any atom is 0.222 e. The molecule has 0 radical (unpaired) electrons. The van der Waals surface area contributed by atoms with Crippen LogP contribution in [-0.2, 0) is 10.2 Å². The molecule has 0 saturated heterocycles. The van der Waals surface area contributed by atoms with E-state index in [0.29, 0.717) is 0 Å². The van der Waals surface area contributed by atoms with Crippen LogP contribution in [0.1, 0.15) is 32.3 Å². The number of carbonyl (C=O) groups is 1. The van der Waals surface area contributed by atoms with Gasteiger partial charge in [-0.3, -0.25) is 4.79 Å². The lowest BCUT2D eigenvalue weighted by atomic mass is 9.95. The van der Waals surface area contributed by atoms with Crippen molar-refractivity contribution in [2.75, 3.05) is 12.8 Å². The topological polar surface area (TPSA) is 29.1 Å². The van der Waals surface area contributed by atoms with E-state index in [2.05, 4.69) is 35.8 Å². The van der Waals surface area contributed by atoms with Gasteiger partial charge in [0.25, 0.3) is 0 Å². The van der Waals surface area contributed by atoms with Crippen molar-refractivity contribution in [3.63, 3.8) is 0 Å². The van der Waals surface area contributed by atoms with Crippen LogP contribution in [0.3, 0.4) is 0 Å². The minimum Gasteiger partial charge on any atom is -0.355 e. The monoisotopic (exact) mass is 263 g/mol. The largest absolute Gasteiger partial charge is 0.355 e. The fourth-order valence-electron chi connectivity index (χ4n) is 2.24. The molecule has 0 heterocycles. The lowest BCUT2D eigenvalue weighted by Crippen LogP contribution is -2.35. The zero-order chi connectivity index (χ0) is 13.2. The number of rotatable bonds is 5. The van der Waals surface area contributed by atoms with Crippen LogP contribution in [0.25, 0.3) is 0 Å². The smallest absolute Gasteiger partial charge is 0.222 e. The third-order valence-corrected chi connectivity index (χ3v) is 4.45. The minimum absolute atomic E-state index is 0.0663. The van der Waals surface area contributed by atoms with Gasteiger partial charge in [0.15, 0.2) is 0 Å². The predicted octanol–water partition coefficient (Wildman–Crippen LogP) is 3.21. The van der Waals surface area contributed by atoms with Gasteiger partial charge in [0.2, 0.25) is 5.91 Å². The summed E-state index contributed by atoms with van der Waals surface area (Å²) in [6.45, 7) is 4.65. The number of amides is 1. The van der Waals surface area contributed by atoms with Crippen molar-refractivity contribution in [1.29, 1.82) is 0 Å². The van der Waals surface area contributed by atoms with Crippen LogP contribution < -0.4 is 5.32 Å². The Labute approximate surface area is 114 Å². The summed E-state index contributed by atoms with van der Waals surface area (Å²) in [6.07, 6.45) is 4.48. The lowest BCUT2D eigenvalue weighted by molar-refractivity contribution is -0.124. The van der Waals surface area contributed by atoms with Gasteiger partial charge in [-0.25, -0.2) is 0 Å². The summed E-state index contributed by atoms with van der Waals surface area (Å²) in [5.41, 5.74) is 1.60. The number of benzene rings is 1. The molecule has 2 rings (SSSR count). The van der Waals surface area contributed by atoms with Crippen molar-refractivity contribution in [2.45, 2.75) is 37.0 Å². The molecule has 1 aliphatic carbocycles. The molecule has 1 N–H and O–H groups in total. The Kier molecular flexibility index (Phi) is 4.00. The molecule has 0 spiro atoms. The molecule has 98 valence electrons. The molecule has 0 aliphatic heterocycles. The molecule has 1 aromatic rings. The molecule has 0 aromatic heterocycles. The van der Waals surface area contributed by atoms with Gasteiger partial charge in [-0.05, 0) is 30.7 Å². The maximum absolute atomic E-state index is 11.7. The Balaban J connectivity index is 2.10. The number of carbonyl (C=O) groups excluding carboxylic acids is 1. The highest BCUT2D eigenvalue weighted by molar-refractivity contribution is 7.98. The zero-order valence-electron chi connectivity index (χ0n) is 11.3. The average molecular weight is 263 g/mol. The predicted molar refractivity (Wildman–Crippen MR) is 77.0 cm³/mol. The van der Waals surface area contributed by atoms with Crippen molar-refractivity contribution in [2.24, 2.45) is 5.92 Å². The van der Waals surface area contributed by atoms with Gasteiger partial charge >= 0.3 is 0 Å². The van der Waals surface area contributed by atoms with E-state index in [4.69, 9.17) is 0 Å². The second kappa shape index (κ2) is 5.35. The van der Waals surface area contributed by atoms with E-state index < -0.39 is 0 Å². The summed E-state index contributed by atoms with van der Waals surface area (Å²) >= 11 is 1.79. The fraction of sp³-hybridized carbons (Fsp3) is 0.533. The molecule has 3 heteroatoms. The Bertz CT molecular complexity index is 438. The lowest BCUT2D eigenvalue weighted by Gasteiger charge is -2.20. The van der Waals surface area contributed by atoms with Gasteiger partial charge in [0.05, 0.1) is 0 Å². The van der Waals surface area contributed by atoms with Gasteiger partial charge in [-0.15, -0.1) is 11.8 Å². The van der Waals surface area contributed by atoms with E-state index >= 15 is 0 Å². The highest BCUT2D eigenvalue weighted by Crippen LogP contribution is 2.50. The Morgan fingerprint density at radius 1 is 1.39 bits per heavy atom. The summed E-state index contributed by atoms with van der Waals surface area (Å²) < 4.78 is 0. The third kappa shape index (κ3) is 2.72. The van der Waals surface area contributed by atoms with Gasteiger partial charge < -0.3 is 5.32 Å². The van der Waals surface area contributed by atoms with Crippen molar-refractivity contribution < 1.29 is 4.79 Å². The van der Waals surface area contributed by atoms with E-state index in [0.717, 1.165) is 6.54 Å². The molecule has 1 aliphatic rings. The first-order valence-corrected chi connectivity index (χ1v) is 7.73. The summed E-state index contributed by atoms with van der Waals surface area (Å²) in [6, 6.07) is 8.56. The summed E-state index contributed by atoms with van der Waals surface area (Å²) in [5.74, 6) is 0.222. The normalized spacial score (nSPS) is 16.7. The first-order chi connectivity index (χ1) is 8.59. The van der Waals surface area contributed by atoms with Gasteiger partial charge in [-0.1, -0.05) is 32.0 Å². The zero-order valence-corrected chi connectivity index (χ0v) is 12.1. The second-order valence-electron chi connectivity index (χ2n) is 5.35. The average Bonchev–Trinajstić information content (AvgIpc) is 3.17. The van der Waals surface area contributed by atoms with Crippen LogP contribution >= 0.6 is 11.8 Å². The number of hydrogen-bond donors (Lipinski definition) is 1. The van der Waals surface area contributed by atoms with Gasteiger partial charge in [0, 0.05) is 22.8 Å². The highest BCUT2D eigenvalue weighted by Gasteiger charge is 2.45. The molecule has 0 unspecified atom stereocenters. The number of hydrogen-bond acceptors (Lipinski definition) is 2. The molecule has 1 aromatic carbocycles. The SMILES string of the molecule is CSc1ccccc1C1(CNC(=O)C(C)C)CC1. The van der Waals surface area contributed by atoms with Crippen LogP contribution in [-0.4, -0.2) is 18.7 Å². The summed E-state index contributed by atoms with van der Waals surface area (Å²) in [7, 11) is 0. The quantitative estimate of drug-likeness (QED) is 0.827. The fourth-order valence-corrected chi connectivity index (χ4v) is 2.95. The number of nitrogens with one attached hydrogen (secondary N) is 1. The molecule has 2 nitrogen and oxygen atoms in total. The standard InChI is InChI=1S/C15H21NOS/c1-11(2)14(17)16-10-15(8-9-15)12-6-4-5-7-13(12)18-3/h4-7,11H,8-10H2,1-3H3,(H,16,17). The summed E-state index contributed by atoms with van der Waals surface area (Å²) in [5, 5.41) is 3.09. The first-order valence-electron chi connectivity index (χ1n) is 6.50. The third-order valence-electron chi connectivity index (χ3n) is 3.66. The molecule has 0 bridgehead atoms. The first kappa shape index (κ1) is 13.5. The van der Waals surface area contributed by atoms with Crippen molar-refractivity contribution in [3.05, 3.63) is 29.8 Å².